The summed E-state index contributed by atoms with van der Waals surface area (Å²) in [6.07, 6.45) is 0.995. The summed E-state index contributed by atoms with van der Waals surface area (Å²) >= 11 is 0. The third-order valence-corrected chi connectivity index (χ3v) is 2.30. The molecule has 0 bridgehead atoms. The number of aryl methyl sites for hydroxylation is 1. The molecule has 0 aromatic heterocycles. The Morgan fingerprint density at radius 1 is 1.36 bits per heavy atom. The van der Waals surface area contributed by atoms with E-state index in [1.807, 2.05) is 45.0 Å². The first kappa shape index (κ1) is 11.3. The van der Waals surface area contributed by atoms with E-state index in [-0.39, 0.29) is 6.10 Å². The van der Waals surface area contributed by atoms with Crippen molar-refractivity contribution in [2.45, 2.75) is 33.3 Å². The fraction of sp³-hybridized carbons (Fsp3) is 0.455. The predicted octanol–water partition coefficient (Wildman–Crippen LogP) is 1.50. The van der Waals surface area contributed by atoms with Gasteiger partial charge in [0.2, 0.25) is 0 Å². The molecular formula is C11H17BO2. The van der Waals surface area contributed by atoms with Gasteiger partial charge in [-0.15, -0.1) is 0 Å². The smallest absolute Gasteiger partial charge is 0.423 e. The highest BCUT2D eigenvalue weighted by molar-refractivity contribution is 6.59. The molecule has 1 atom stereocenters. The molecule has 0 heterocycles. The molecule has 0 aliphatic heterocycles. The molecule has 0 saturated carbocycles. The highest BCUT2D eigenvalue weighted by Crippen LogP contribution is 1.99. The second kappa shape index (κ2) is 5.18. The molecule has 0 amide bonds. The standard InChI is InChI=1S/C11H17BO2/c1-4-10(3)14-12(13)11-7-5-9(2)6-8-11/h5-8,10,13H,4H2,1-3H3. The molecule has 0 radical (unpaired) electrons. The zero-order valence-corrected chi connectivity index (χ0v) is 9.03. The lowest BCUT2D eigenvalue weighted by atomic mass is 9.79. The normalized spacial score (nSPS) is 12.6. The van der Waals surface area contributed by atoms with Crippen molar-refractivity contribution in [1.29, 1.82) is 0 Å². The molecule has 1 N–H and O–H groups in total. The van der Waals surface area contributed by atoms with E-state index in [1.165, 1.54) is 5.56 Å². The Kier molecular flexibility index (Phi) is 4.17. The molecule has 0 saturated heterocycles. The lowest BCUT2D eigenvalue weighted by Crippen LogP contribution is -2.36. The Morgan fingerprint density at radius 3 is 2.43 bits per heavy atom. The van der Waals surface area contributed by atoms with E-state index < -0.39 is 7.12 Å². The van der Waals surface area contributed by atoms with Crippen molar-refractivity contribution in [3.05, 3.63) is 29.8 Å². The fourth-order valence-electron chi connectivity index (χ4n) is 1.13. The van der Waals surface area contributed by atoms with E-state index in [0.717, 1.165) is 11.9 Å². The molecule has 0 fully saturated rings. The highest BCUT2D eigenvalue weighted by atomic mass is 16.5. The molecular weight excluding hydrogens is 175 g/mol. The van der Waals surface area contributed by atoms with Crippen LogP contribution in [0.1, 0.15) is 25.8 Å². The second-order valence-electron chi connectivity index (χ2n) is 3.62. The Morgan fingerprint density at radius 2 is 1.93 bits per heavy atom. The predicted molar refractivity (Wildman–Crippen MR) is 59.6 cm³/mol. The van der Waals surface area contributed by atoms with E-state index in [2.05, 4.69) is 0 Å². The Bertz CT molecular complexity index is 271. The van der Waals surface area contributed by atoms with Gasteiger partial charge in [-0.1, -0.05) is 36.8 Å². The van der Waals surface area contributed by atoms with Crippen LogP contribution in [-0.2, 0) is 4.65 Å². The van der Waals surface area contributed by atoms with Crippen molar-refractivity contribution < 1.29 is 9.68 Å². The zero-order chi connectivity index (χ0) is 10.6. The number of rotatable bonds is 4. The van der Waals surface area contributed by atoms with Crippen LogP contribution in [-0.4, -0.2) is 18.2 Å². The average Bonchev–Trinajstić information content (AvgIpc) is 2.18. The molecule has 76 valence electrons. The van der Waals surface area contributed by atoms with E-state index in [1.54, 1.807) is 0 Å². The van der Waals surface area contributed by atoms with Crippen molar-refractivity contribution in [3.8, 4) is 0 Å². The van der Waals surface area contributed by atoms with Gasteiger partial charge < -0.3 is 9.68 Å². The van der Waals surface area contributed by atoms with Crippen LogP contribution in [0.25, 0.3) is 0 Å². The van der Waals surface area contributed by atoms with Crippen molar-refractivity contribution in [2.75, 3.05) is 0 Å². The maximum Gasteiger partial charge on any atom is 0.491 e. The SMILES string of the molecule is CCC(C)OB(O)c1ccc(C)cc1. The van der Waals surface area contributed by atoms with Gasteiger partial charge in [0.1, 0.15) is 0 Å². The molecule has 3 heteroatoms. The van der Waals surface area contributed by atoms with Gasteiger partial charge in [-0.25, -0.2) is 0 Å². The molecule has 14 heavy (non-hydrogen) atoms. The average molecular weight is 192 g/mol. The van der Waals surface area contributed by atoms with Gasteiger partial charge in [0, 0.05) is 6.10 Å². The maximum absolute atomic E-state index is 9.69. The summed E-state index contributed by atoms with van der Waals surface area (Å²) in [5.41, 5.74) is 2.00. The molecule has 2 nitrogen and oxygen atoms in total. The topological polar surface area (TPSA) is 29.5 Å². The van der Waals surface area contributed by atoms with Crippen molar-refractivity contribution in [1.82, 2.24) is 0 Å². The van der Waals surface area contributed by atoms with Crippen LogP contribution < -0.4 is 5.46 Å². The largest absolute Gasteiger partial charge is 0.491 e. The summed E-state index contributed by atoms with van der Waals surface area (Å²) < 4.78 is 5.38. The summed E-state index contributed by atoms with van der Waals surface area (Å²) in [6.45, 7) is 6.01. The first-order chi connectivity index (χ1) is 6.63. The lowest BCUT2D eigenvalue weighted by Gasteiger charge is -2.13. The maximum atomic E-state index is 9.69. The molecule has 0 aliphatic carbocycles. The first-order valence-electron chi connectivity index (χ1n) is 5.03. The number of benzene rings is 1. The van der Waals surface area contributed by atoms with Gasteiger partial charge in [0.05, 0.1) is 0 Å². The highest BCUT2D eigenvalue weighted by Gasteiger charge is 2.18. The third kappa shape index (κ3) is 3.16. The van der Waals surface area contributed by atoms with Gasteiger partial charge in [-0.3, -0.25) is 0 Å². The van der Waals surface area contributed by atoms with Gasteiger partial charge in [-0.05, 0) is 25.7 Å². The van der Waals surface area contributed by atoms with Crippen molar-refractivity contribution >= 4 is 12.6 Å². The van der Waals surface area contributed by atoms with Crippen LogP contribution in [0, 0.1) is 6.92 Å². The van der Waals surface area contributed by atoms with Crippen molar-refractivity contribution in [2.24, 2.45) is 0 Å². The Balaban J connectivity index is 2.60. The van der Waals surface area contributed by atoms with Gasteiger partial charge in [0.25, 0.3) is 0 Å². The van der Waals surface area contributed by atoms with Gasteiger partial charge in [-0.2, -0.15) is 0 Å². The Labute approximate surface area is 86.1 Å². The van der Waals surface area contributed by atoms with Gasteiger partial charge >= 0.3 is 7.12 Å². The first-order valence-corrected chi connectivity index (χ1v) is 5.03. The van der Waals surface area contributed by atoms with E-state index >= 15 is 0 Å². The van der Waals surface area contributed by atoms with E-state index in [4.69, 9.17) is 4.65 Å². The molecule has 1 rings (SSSR count). The van der Waals surface area contributed by atoms with Crippen LogP contribution in [0.2, 0.25) is 0 Å². The van der Waals surface area contributed by atoms with Crippen LogP contribution in [0.4, 0.5) is 0 Å². The number of hydrogen-bond donors (Lipinski definition) is 1. The number of hydrogen-bond acceptors (Lipinski definition) is 2. The molecule has 1 aromatic carbocycles. The van der Waals surface area contributed by atoms with Crippen LogP contribution in [0.5, 0.6) is 0 Å². The summed E-state index contributed by atoms with van der Waals surface area (Å²) in [5, 5.41) is 9.69. The summed E-state index contributed by atoms with van der Waals surface area (Å²) in [5.74, 6) is 0. The summed E-state index contributed by atoms with van der Waals surface area (Å²) in [7, 11) is -0.800. The van der Waals surface area contributed by atoms with E-state index in [9.17, 15) is 5.02 Å². The van der Waals surface area contributed by atoms with Crippen molar-refractivity contribution in [3.63, 3.8) is 0 Å². The fourth-order valence-corrected chi connectivity index (χ4v) is 1.13. The quantitative estimate of drug-likeness (QED) is 0.732. The lowest BCUT2D eigenvalue weighted by molar-refractivity contribution is 0.186. The van der Waals surface area contributed by atoms with Crippen LogP contribution in [0.3, 0.4) is 0 Å². The monoisotopic (exact) mass is 192 g/mol. The Hall–Kier alpha value is -0.795. The van der Waals surface area contributed by atoms with Crippen LogP contribution in [0.15, 0.2) is 24.3 Å². The molecule has 1 aromatic rings. The second-order valence-corrected chi connectivity index (χ2v) is 3.62. The summed E-state index contributed by atoms with van der Waals surface area (Å²) in [6, 6.07) is 7.72. The third-order valence-electron chi connectivity index (χ3n) is 2.30. The minimum Gasteiger partial charge on any atom is -0.423 e. The minimum atomic E-state index is -0.800. The van der Waals surface area contributed by atoms with Gasteiger partial charge in [0.15, 0.2) is 0 Å². The molecule has 0 aliphatic rings. The minimum absolute atomic E-state index is 0.0892. The van der Waals surface area contributed by atoms with E-state index in [0.29, 0.717) is 0 Å². The molecule has 0 spiro atoms. The van der Waals surface area contributed by atoms with Crippen LogP contribution >= 0.6 is 0 Å². The zero-order valence-electron chi connectivity index (χ0n) is 9.03. The molecule has 1 unspecified atom stereocenters. The summed E-state index contributed by atoms with van der Waals surface area (Å²) in [4.78, 5) is 0.